The molecule has 2 aromatic rings. The summed E-state index contributed by atoms with van der Waals surface area (Å²) >= 11 is 1.55. The van der Waals surface area contributed by atoms with Crippen molar-refractivity contribution in [1.82, 2.24) is 14.3 Å². The lowest BCUT2D eigenvalue weighted by Crippen LogP contribution is -2.44. The Morgan fingerprint density at radius 1 is 1.52 bits per heavy atom. The summed E-state index contributed by atoms with van der Waals surface area (Å²) in [5.41, 5.74) is 0.879. The predicted molar refractivity (Wildman–Crippen MR) is 89.8 cm³/mol. The van der Waals surface area contributed by atoms with Crippen molar-refractivity contribution in [2.75, 3.05) is 13.1 Å². The fourth-order valence-corrected chi connectivity index (χ4v) is 5.29. The van der Waals surface area contributed by atoms with Crippen molar-refractivity contribution in [2.45, 2.75) is 45.1 Å². The third-order valence-electron chi connectivity index (χ3n) is 5.85. The van der Waals surface area contributed by atoms with Crippen molar-refractivity contribution in [2.24, 2.45) is 11.8 Å². The summed E-state index contributed by atoms with van der Waals surface area (Å²) in [6.45, 7) is 5.40. The normalized spacial score (nSPS) is 30.8. The number of hydrogen-bond acceptors (Lipinski definition) is 4. The highest BCUT2D eigenvalue weighted by Crippen LogP contribution is 2.44. The Morgan fingerprint density at radius 2 is 2.35 bits per heavy atom. The van der Waals surface area contributed by atoms with Gasteiger partial charge in [-0.05, 0) is 32.1 Å². The van der Waals surface area contributed by atoms with Crippen molar-refractivity contribution < 1.29 is 9.90 Å². The largest absolute Gasteiger partial charge is 0.390 e. The predicted octanol–water partition coefficient (Wildman–Crippen LogP) is 2.72. The Bertz CT molecular complexity index is 752. The van der Waals surface area contributed by atoms with E-state index in [4.69, 9.17) is 0 Å². The average Bonchev–Trinajstić information content (AvgIpc) is 3.20. The smallest absolute Gasteiger partial charge is 0.272 e. The molecule has 2 aliphatic rings. The quantitative estimate of drug-likeness (QED) is 0.919. The van der Waals surface area contributed by atoms with Gasteiger partial charge in [0, 0.05) is 30.6 Å². The van der Waals surface area contributed by atoms with Crippen LogP contribution in [0, 0.1) is 18.8 Å². The first-order valence-corrected chi connectivity index (χ1v) is 9.35. The maximum Gasteiger partial charge on any atom is 0.272 e. The Hall–Kier alpha value is -1.40. The SMILES string of the molecule is CC[C@]1(O)CCC[C@H]2CN(C(=O)c3c(C)nc4sccn34)C[C@H]21. The highest BCUT2D eigenvalue weighted by molar-refractivity contribution is 7.15. The van der Waals surface area contributed by atoms with E-state index in [1.165, 1.54) is 0 Å². The Morgan fingerprint density at radius 3 is 3.13 bits per heavy atom. The van der Waals surface area contributed by atoms with E-state index in [9.17, 15) is 9.90 Å². The first kappa shape index (κ1) is 15.1. The molecule has 0 radical (unpaired) electrons. The third-order valence-corrected chi connectivity index (χ3v) is 6.61. The van der Waals surface area contributed by atoms with Crippen LogP contribution in [-0.2, 0) is 0 Å². The number of aromatic nitrogens is 2. The molecule has 2 fully saturated rings. The lowest BCUT2D eigenvalue weighted by atomic mass is 9.69. The number of amides is 1. The van der Waals surface area contributed by atoms with Gasteiger partial charge in [0.05, 0.1) is 11.3 Å². The summed E-state index contributed by atoms with van der Waals surface area (Å²) in [4.78, 5) is 20.4. The molecule has 6 heteroatoms. The number of likely N-dealkylation sites (tertiary alicyclic amines) is 1. The molecular formula is C17H23N3O2S. The van der Waals surface area contributed by atoms with Crippen LogP contribution >= 0.6 is 11.3 Å². The zero-order chi connectivity index (χ0) is 16.2. The molecule has 5 nitrogen and oxygen atoms in total. The molecule has 0 spiro atoms. The molecule has 23 heavy (non-hydrogen) atoms. The molecule has 2 aromatic heterocycles. The van der Waals surface area contributed by atoms with E-state index in [0.29, 0.717) is 18.2 Å². The molecule has 1 aliphatic heterocycles. The molecule has 3 heterocycles. The standard InChI is InChI=1S/C17H23N3O2S/c1-3-17(22)6-4-5-12-9-19(10-13(12)17)15(21)14-11(2)18-16-20(14)7-8-23-16/h7-8,12-13,22H,3-6,9-10H2,1-2H3/t12-,13+,17-/m0/s1. The number of fused-ring (bicyclic) bond motifs is 2. The monoisotopic (exact) mass is 333 g/mol. The fraction of sp³-hybridized carbons (Fsp3) is 0.647. The van der Waals surface area contributed by atoms with Gasteiger partial charge in [0.15, 0.2) is 4.96 Å². The number of rotatable bonds is 2. The Balaban J connectivity index is 1.63. The fourth-order valence-electron chi connectivity index (χ4n) is 4.53. The number of carbonyl (C=O) groups is 1. The summed E-state index contributed by atoms with van der Waals surface area (Å²) in [6, 6.07) is 0. The van der Waals surface area contributed by atoms with Crippen LogP contribution in [0.15, 0.2) is 11.6 Å². The maximum absolute atomic E-state index is 13.1. The molecule has 3 atom stereocenters. The number of nitrogens with zero attached hydrogens (tertiary/aromatic N) is 3. The van der Waals surface area contributed by atoms with Crippen molar-refractivity contribution in [3.05, 3.63) is 23.0 Å². The van der Waals surface area contributed by atoms with Gasteiger partial charge in [0.25, 0.3) is 5.91 Å². The van der Waals surface area contributed by atoms with E-state index >= 15 is 0 Å². The van der Waals surface area contributed by atoms with Crippen molar-refractivity contribution in [1.29, 1.82) is 0 Å². The first-order chi connectivity index (χ1) is 11.0. The van der Waals surface area contributed by atoms with E-state index < -0.39 is 5.60 Å². The van der Waals surface area contributed by atoms with Crippen LogP contribution in [-0.4, -0.2) is 44.0 Å². The molecule has 1 amide bonds. The molecule has 1 saturated heterocycles. The second-order valence-corrected chi connectivity index (χ2v) is 7.90. The Kier molecular flexibility index (Phi) is 3.50. The van der Waals surface area contributed by atoms with Crippen LogP contribution in [0.5, 0.6) is 0 Å². The van der Waals surface area contributed by atoms with Gasteiger partial charge in [-0.15, -0.1) is 11.3 Å². The first-order valence-electron chi connectivity index (χ1n) is 8.47. The van der Waals surface area contributed by atoms with E-state index in [1.807, 2.05) is 27.8 Å². The minimum Gasteiger partial charge on any atom is -0.390 e. The number of aryl methyl sites for hydroxylation is 1. The molecule has 0 aromatic carbocycles. The van der Waals surface area contributed by atoms with Gasteiger partial charge in [-0.25, -0.2) is 4.98 Å². The average molecular weight is 333 g/mol. The van der Waals surface area contributed by atoms with Crippen LogP contribution in [0.1, 0.15) is 48.8 Å². The number of imidazole rings is 1. The van der Waals surface area contributed by atoms with Gasteiger partial charge in [0.2, 0.25) is 0 Å². The van der Waals surface area contributed by atoms with Crippen LogP contribution in [0.4, 0.5) is 0 Å². The summed E-state index contributed by atoms with van der Waals surface area (Å²) in [5.74, 6) is 0.710. The molecule has 124 valence electrons. The zero-order valence-electron chi connectivity index (χ0n) is 13.7. The van der Waals surface area contributed by atoms with Crippen LogP contribution < -0.4 is 0 Å². The van der Waals surface area contributed by atoms with Crippen LogP contribution in [0.2, 0.25) is 0 Å². The highest BCUT2D eigenvalue weighted by atomic mass is 32.1. The topological polar surface area (TPSA) is 57.8 Å². The minimum atomic E-state index is -0.595. The van der Waals surface area contributed by atoms with Gasteiger partial charge in [0.1, 0.15) is 5.69 Å². The van der Waals surface area contributed by atoms with Gasteiger partial charge in [-0.2, -0.15) is 0 Å². The van der Waals surface area contributed by atoms with Crippen LogP contribution in [0.25, 0.3) is 4.96 Å². The van der Waals surface area contributed by atoms with E-state index in [-0.39, 0.29) is 11.8 Å². The van der Waals surface area contributed by atoms with Crippen molar-refractivity contribution in [3.63, 3.8) is 0 Å². The van der Waals surface area contributed by atoms with Gasteiger partial charge < -0.3 is 10.0 Å². The van der Waals surface area contributed by atoms with Gasteiger partial charge in [-0.1, -0.05) is 13.3 Å². The molecule has 0 unspecified atom stereocenters. The summed E-state index contributed by atoms with van der Waals surface area (Å²) in [5, 5.41) is 12.9. The molecule has 0 bridgehead atoms. The van der Waals surface area contributed by atoms with E-state index in [2.05, 4.69) is 11.9 Å². The number of thiazole rings is 1. The number of carbonyl (C=O) groups excluding carboxylic acids is 1. The summed E-state index contributed by atoms with van der Waals surface area (Å²) in [6.07, 6.45) is 5.74. The molecule has 1 saturated carbocycles. The lowest BCUT2D eigenvalue weighted by molar-refractivity contribution is -0.0609. The van der Waals surface area contributed by atoms with Crippen molar-refractivity contribution in [3.8, 4) is 0 Å². The lowest BCUT2D eigenvalue weighted by Gasteiger charge is -2.40. The second kappa shape index (κ2) is 5.31. The van der Waals surface area contributed by atoms with Crippen molar-refractivity contribution >= 4 is 22.2 Å². The van der Waals surface area contributed by atoms with Gasteiger partial charge in [-0.3, -0.25) is 9.20 Å². The zero-order valence-corrected chi connectivity index (χ0v) is 14.5. The number of aliphatic hydroxyl groups is 1. The van der Waals surface area contributed by atoms with E-state index in [1.54, 1.807) is 11.3 Å². The molecule has 1 N–H and O–H groups in total. The minimum absolute atomic E-state index is 0.0567. The van der Waals surface area contributed by atoms with Gasteiger partial charge >= 0.3 is 0 Å². The maximum atomic E-state index is 13.1. The number of hydrogen-bond donors (Lipinski definition) is 1. The summed E-state index contributed by atoms with van der Waals surface area (Å²) in [7, 11) is 0. The summed E-state index contributed by atoms with van der Waals surface area (Å²) < 4.78 is 1.90. The second-order valence-electron chi connectivity index (χ2n) is 7.03. The molecular weight excluding hydrogens is 310 g/mol. The molecule has 1 aliphatic carbocycles. The highest BCUT2D eigenvalue weighted by Gasteiger charge is 2.49. The third kappa shape index (κ3) is 2.22. The molecule has 4 rings (SSSR count). The van der Waals surface area contributed by atoms with E-state index in [0.717, 1.165) is 42.9 Å². The van der Waals surface area contributed by atoms with Crippen LogP contribution in [0.3, 0.4) is 0 Å². The Labute approximate surface area is 139 Å².